The van der Waals surface area contributed by atoms with Gasteiger partial charge in [0.2, 0.25) is 20.0 Å². The zero-order valence-corrected chi connectivity index (χ0v) is 15.7. The molecule has 1 aliphatic heterocycles. The normalized spacial score (nSPS) is 16.8. The molecule has 3 rings (SSSR count). The Hall–Kier alpha value is -1.30. The minimum atomic E-state index is -3.70. The average molecular weight is 403 g/mol. The van der Waals surface area contributed by atoms with Crippen LogP contribution in [0.15, 0.2) is 50.9 Å². The molecule has 0 radical (unpaired) electrons. The molecule has 0 atom stereocenters. The van der Waals surface area contributed by atoms with Gasteiger partial charge in [0, 0.05) is 19.6 Å². The first-order chi connectivity index (χ1) is 11.9. The lowest BCUT2D eigenvalue weighted by Gasteiger charge is -2.26. The van der Waals surface area contributed by atoms with Gasteiger partial charge in [0.15, 0.2) is 0 Å². The molecule has 10 heteroatoms. The molecule has 0 amide bonds. The van der Waals surface area contributed by atoms with Crippen LogP contribution in [-0.2, 0) is 31.3 Å². The van der Waals surface area contributed by atoms with Crippen LogP contribution in [-0.4, -0.2) is 47.4 Å². The van der Waals surface area contributed by atoms with Crippen molar-refractivity contribution in [2.75, 3.05) is 26.3 Å². The molecule has 1 aromatic heterocycles. The summed E-state index contributed by atoms with van der Waals surface area (Å²) < 4.78 is 58.7. The number of nitrogens with one attached hydrogen (secondary N) is 1. The predicted molar refractivity (Wildman–Crippen MR) is 94.4 cm³/mol. The van der Waals surface area contributed by atoms with Crippen molar-refractivity contribution in [3.8, 4) is 0 Å². The molecule has 136 valence electrons. The Morgan fingerprint density at radius 2 is 1.64 bits per heavy atom. The van der Waals surface area contributed by atoms with Crippen molar-refractivity contribution >= 4 is 31.4 Å². The Bertz CT molecular complexity index is 901. The lowest BCUT2D eigenvalue weighted by Crippen LogP contribution is -2.40. The van der Waals surface area contributed by atoms with Gasteiger partial charge in [-0.15, -0.1) is 0 Å². The van der Waals surface area contributed by atoms with E-state index >= 15 is 0 Å². The summed E-state index contributed by atoms with van der Waals surface area (Å²) in [4.78, 5) is 0.106. The number of ether oxygens (including phenoxy) is 1. The first-order valence-electron chi connectivity index (χ1n) is 7.58. The standard InChI is InChI=1S/C15H18N2O5S3/c18-24(19,16-11-13-5-10-23-12-13)14-1-3-15(4-2-14)25(20,21)17-6-8-22-9-7-17/h1-5,10,12,16H,6-9,11H2. The van der Waals surface area contributed by atoms with Crippen LogP contribution in [0.2, 0.25) is 0 Å². The van der Waals surface area contributed by atoms with E-state index in [0.717, 1.165) is 5.56 Å². The first kappa shape index (κ1) is 18.5. The molecule has 7 nitrogen and oxygen atoms in total. The van der Waals surface area contributed by atoms with Gasteiger partial charge < -0.3 is 4.74 Å². The van der Waals surface area contributed by atoms with Gasteiger partial charge in [-0.2, -0.15) is 15.6 Å². The van der Waals surface area contributed by atoms with Crippen molar-refractivity contribution in [2.45, 2.75) is 16.3 Å². The third kappa shape index (κ3) is 4.27. The van der Waals surface area contributed by atoms with E-state index in [2.05, 4.69) is 4.72 Å². The van der Waals surface area contributed by atoms with Gasteiger partial charge in [-0.25, -0.2) is 21.6 Å². The van der Waals surface area contributed by atoms with Crippen molar-refractivity contribution < 1.29 is 21.6 Å². The van der Waals surface area contributed by atoms with E-state index in [9.17, 15) is 16.8 Å². The van der Waals surface area contributed by atoms with Gasteiger partial charge in [-0.05, 0) is 46.7 Å². The summed E-state index contributed by atoms with van der Waals surface area (Å²) in [5, 5.41) is 3.73. The Morgan fingerprint density at radius 3 is 2.24 bits per heavy atom. The Balaban J connectivity index is 1.74. The molecule has 1 aliphatic rings. The van der Waals surface area contributed by atoms with E-state index in [-0.39, 0.29) is 16.3 Å². The molecule has 1 aromatic carbocycles. The largest absolute Gasteiger partial charge is 0.379 e. The summed E-state index contributed by atoms with van der Waals surface area (Å²) >= 11 is 1.49. The number of hydrogen-bond donors (Lipinski definition) is 1. The summed E-state index contributed by atoms with van der Waals surface area (Å²) in [7, 11) is -7.33. The maximum Gasteiger partial charge on any atom is 0.243 e. The summed E-state index contributed by atoms with van der Waals surface area (Å²) in [6.07, 6.45) is 0. The van der Waals surface area contributed by atoms with Gasteiger partial charge in [0.25, 0.3) is 0 Å². The quantitative estimate of drug-likeness (QED) is 0.785. The molecule has 0 aliphatic carbocycles. The molecular formula is C15H18N2O5S3. The van der Waals surface area contributed by atoms with E-state index in [0.29, 0.717) is 26.3 Å². The monoisotopic (exact) mass is 402 g/mol. The van der Waals surface area contributed by atoms with E-state index < -0.39 is 20.0 Å². The molecule has 0 saturated carbocycles. The van der Waals surface area contributed by atoms with Crippen LogP contribution in [0.4, 0.5) is 0 Å². The molecule has 1 N–H and O–H groups in total. The Labute approximate surface area is 151 Å². The van der Waals surface area contributed by atoms with Crippen molar-refractivity contribution in [1.29, 1.82) is 0 Å². The second-order valence-electron chi connectivity index (χ2n) is 5.44. The predicted octanol–water partition coefficient (Wildman–Crippen LogP) is 1.25. The van der Waals surface area contributed by atoms with E-state index in [4.69, 9.17) is 4.74 Å². The van der Waals surface area contributed by atoms with Crippen LogP contribution in [0.1, 0.15) is 5.56 Å². The number of sulfonamides is 2. The Morgan fingerprint density at radius 1 is 1.00 bits per heavy atom. The maximum absolute atomic E-state index is 12.5. The number of thiophene rings is 1. The van der Waals surface area contributed by atoms with Crippen molar-refractivity contribution in [1.82, 2.24) is 9.03 Å². The van der Waals surface area contributed by atoms with Crippen molar-refractivity contribution in [3.63, 3.8) is 0 Å². The third-order valence-corrected chi connectivity index (χ3v) is 7.85. The van der Waals surface area contributed by atoms with Crippen molar-refractivity contribution in [3.05, 3.63) is 46.7 Å². The number of hydrogen-bond acceptors (Lipinski definition) is 6. The minimum absolute atomic E-state index is 0.0312. The van der Waals surface area contributed by atoms with Gasteiger partial charge in [0.1, 0.15) is 0 Å². The summed E-state index contributed by atoms with van der Waals surface area (Å²) in [6.45, 7) is 1.51. The molecule has 1 fully saturated rings. The molecule has 2 aromatic rings. The second-order valence-corrected chi connectivity index (χ2v) is 9.93. The third-order valence-electron chi connectivity index (χ3n) is 3.79. The second kappa shape index (κ2) is 7.52. The fourth-order valence-corrected chi connectivity index (χ4v) is 5.48. The molecule has 0 bridgehead atoms. The highest BCUT2D eigenvalue weighted by Gasteiger charge is 2.26. The summed E-state index contributed by atoms with van der Waals surface area (Å²) in [5.41, 5.74) is 0.875. The van der Waals surface area contributed by atoms with Crippen molar-refractivity contribution in [2.24, 2.45) is 0 Å². The van der Waals surface area contributed by atoms with E-state index in [1.165, 1.54) is 39.9 Å². The fourth-order valence-electron chi connectivity index (χ4n) is 2.38. The van der Waals surface area contributed by atoms with Crippen LogP contribution in [0.3, 0.4) is 0 Å². The van der Waals surface area contributed by atoms with Crippen LogP contribution in [0.5, 0.6) is 0 Å². The van der Waals surface area contributed by atoms with E-state index in [1.807, 2.05) is 16.8 Å². The zero-order valence-electron chi connectivity index (χ0n) is 13.3. The maximum atomic E-state index is 12.5. The lowest BCUT2D eigenvalue weighted by molar-refractivity contribution is 0.0730. The highest BCUT2D eigenvalue weighted by Crippen LogP contribution is 2.19. The molecule has 1 saturated heterocycles. The lowest BCUT2D eigenvalue weighted by atomic mass is 10.4. The molecule has 0 spiro atoms. The van der Waals surface area contributed by atoms with Gasteiger partial charge in [0.05, 0.1) is 23.0 Å². The summed E-state index contributed by atoms with van der Waals surface area (Å²) in [5.74, 6) is 0. The highest BCUT2D eigenvalue weighted by atomic mass is 32.2. The molecular weight excluding hydrogens is 384 g/mol. The molecule has 2 heterocycles. The molecule has 0 unspecified atom stereocenters. The summed E-state index contributed by atoms with van der Waals surface area (Å²) in [6, 6.07) is 7.10. The van der Waals surface area contributed by atoms with Crippen LogP contribution >= 0.6 is 11.3 Å². The van der Waals surface area contributed by atoms with E-state index in [1.54, 1.807) is 0 Å². The molecule has 25 heavy (non-hydrogen) atoms. The van der Waals surface area contributed by atoms with Crippen LogP contribution < -0.4 is 4.72 Å². The SMILES string of the molecule is O=S(=O)(NCc1ccsc1)c1ccc(S(=O)(=O)N2CCOCC2)cc1. The smallest absolute Gasteiger partial charge is 0.243 e. The van der Waals surface area contributed by atoms with Gasteiger partial charge in [-0.1, -0.05) is 0 Å². The van der Waals surface area contributed by atoms with Gasteiger partial charge >= 0.3 is 0 Å². The number of benzene rings is 1. The van der Waals surface area contributed by atoms with Crippen LogP contribution in [0.25, 0.3) is 0 Å². The average Bonchev–Trinajstić information content (AvgIpc) is 3.15. The Kier molecular flexibility index (Phi) is 5.56. The zero-order chi connectivity index (χ0) is 17.9. The number of nitrogens with zero attached hydrogens (tertiary/aromatic N) is 1. The fraction of sp³-hybridized carbons (Fsp3) is 0.333. The topological polar surface area (TPSA) is 92.8 Å². The number of morpholine rings is 1. The van der Waals surface area contributed by atoms with Crippen LogP contribution in [0, 0.1) is 0 Å². The van der Waals surface area contributed by atoms with Gasteiger partial charge in [-0.3, -0.25) is 0 Å². The minimum Gasteiger partial charge on any atom is -0.379 e. The highest BCUT2D eigenvalue weighted by molar-refractivity contribution is 7.89. The first-order valence-corrected chi connectivity index (χ1v) is 11.4. The number of rotatable bonds is 6.